The highest BCUT2D eigenvalue weighted by molar-refractivity contribution is 5.89. The van der Waals surface area contributed by atoms with Gasteiger partial charge in [0.15, 0.2) is 6.29 Å². The van der Waals surface area contributed by atoms with E-state index >= 15 is 0 Å². The number of nitrogens with one attached hydrogen (secondary N) is 1. The number of anilines is 1. The topological polar surface area (TPSA) is 73.2 Å². The van der Waals surface area contributed by atoms with Crippen molar-refractivity contribution >= 4 is 24.3 Å². The third-order valence-electron chi connectivity index (χ3n) is 3.71. The predicted octanol–water partition coefficient (Wildman–Crippen LogP) is 1.64. The highest BCUT2D eigenvalue weighted by Crippen LogP contribution is 2.29. The summed E-state index contributed by atoms with van der Waals surface area (Å²) in [6.45, 7) is 0. The molecule has 108 valence electrons. The Hall–Kier alpha value is -2.63. The van der Waals surface area contributed by atoms with Gasteiger partial charge in [0, 0.05) is 17.7 Å². The molecular formula is C15H15N3O3. The van der Waals surface area contributed by atoms with Crippen LogP contribution in [0.4, 0.5) is 5.82 Å². The van der Waals surface area contributed by atoms with Crippen molar-refractivity contribution in [3.63, 3.8) is 0 Å². The molecule has 6 nitrogen and oxygen atoms in total. The number of esters is 1. The van der Waals surface area contributed by atoms with E-state index in [2.05, 4.69) is 10.4 Å². The van der Waals surface area contributed by atoms with Crippen molar-refractivity contribution in [1.29, 1.82) is 0 Å². The average Bonchev–Trinajstić information content (AvgIpc) is 2.96. The van der Waals surface area contributed by atoms with Gasteiger partial charge in [0.25, 0.3) is 0 Å². The van der Waals surface area contributed by atoms with Gasteiger partial charge in [0.2, 0.25) is 0 Å². The third-order valence-corrected chi connectivity index (χ3v) is 3.71. The fourth-order valence-corrected chi connectivity index (χ4v) is 2.59. The van der Waals surface area contributed by atoms with E-state index in [-0.39, 0.29) is 17.9 Å². The molecule has 1 aliphatic carbocycles. The summed E-state index contributed by atoms with van der Waals surface area (Å²) in [7, 11) is 1.38. The number of rotatable bonds is 3. The second-order valence-electron chi connectivity index (χ2n) is 4.96. The average molecular weight is 285 g/mol. The summed E-state index contributed by atoms with van der Waals surface area (Å²) >= 11 is 0. The lowest BCUT2D eigenvalue weighted by Gasteiger charge is -2.28. The van der Waals surface area contributed by atoms with Gasteiger partial charge < -0.3 is 10.1 Å². The van der Waals surface area contributed by atoms with E-state index in [1.165, 1.54) is 13.3 Å². The molecule has 0 saturated carbocycles. The van der Waals surface area contributed by atoms with E-state index in [1.807, 2.05) is 24.4 Å². The van der Waals surface area contributed by atoms with E-state index in [9.17, 15) is 9.59 Å². The number of methoxy groups -OCH3 is 1. The number of allylic oxidation sites excluding steroid dienone is 2. The number of fused-ring (bicyclic) bond motifs is 1. The monoisotopic (exact) mass is 285 g/mol. The molecule has 1 N–H and O–H groups in total. The highest BCUT2D eigenvalue weighted by atomic mass is 16.5. The van der Waals surface area contributed by atoms with E-state index in [0.717, 1.165) is 6.29 Å². The lowest BCUT2D eigenvalue weighted by molar-refractivity contribution is -0.136. The fraction of sp³-hybridized carbons (Fsp3) is 0.267. The van der Waals surface area contributed by atoms with Gasteiger partial charge in [-0.1, -0.05) is 18.2 Å². The van der Waals surface area contributed by atoms with Crippen LogP contribution in [0.2, 0.25) is 0 Å². The van der Waals surface area contributed by atoms with Gasteiger partial charge in [-0.15, -0.1) is 0 Å². The molecule has 1 aromatic rings. The quantitative estimate of drug-likeness (QED) is 0.675. The van der Waals surface area contributed by atoms with Crippen molar-refractivity contribution in [2.45, 2.75) is 12.5 Å². The van der Waals surface area contributed by atoms with Crippen molar-refractivity contribution in [2.24, 2.45) is 5.92 Å². The summed E-state index contributed by atoms with van der Waals surface area (Å²) in [6, 6.07) is -0.00231. The zero-order valence-electron chi connectivity index (χ0n) is 11.5. The van der Waals surface area contributed by atoms with Gasteiger partial charge in [-0.05, 0) is 12.5 Å². The molecule has 0 bridgehead atoms. The first-order chi connectivity index (χ1) is 10.2. The van der Waals surface area contributed by atoms with Crippen LogP contribution >= 0.6 is 0 Å². The van der Waals surface area contributed by atoms with Crippen molar-refractivity contribution in [2.75, 3.05) is 12.4 Å². The Balaban J connectivity index is 1.78. The minimum absolute atomic E-state index is 0.00231. The van der Waals surface area contributed by atoms with E-state index in [1.54, 1.807) is 10.8 Å². The molecule has 1 aromatic heterocycles. The first-order valence-electron chi connectivity index (χ1n) is 6.66. The van der Waals surface area contributed by atoms with Crippen molar-refractivity contribution in [1.82, 2.24) is 9.78 Å². The number of hydrogen-bond donors (Lipinski definition) is 1. The zero-order chi connectivity index (χ0) is 14.8. The lowest BCUT2D eigenvalue weighted by atomic mass is 9.87. The minimum atomic E-state index is -0.303. The summed E-state index contributed by atoms with van der Waals surface area (Å²) in [4.78, 5) is 22.6. The molecule has 0 amide bonds. The van der Waals surface area contributed by atoms with Crippen LogP contribution in [0.25, 0.3) is 6.20 Å². The van der Waals surface area contributed by atoms with Crippen LogP contribution in [0.3, 0.4) is 0 Å². The molecule has 0 radical (unpaired) electrons. The number of nitrogens with zero attached hydrogens (tertiary/aromatic N) is 2. The minimum Gasteiger partial charge on any atom is -0.466 e. The van der Waals surface area contributed by atoms with Crippen molar-refractivity contribution in [3.8, 4) is 0 Å². The molecule has 1 aliphatic heterocycles. The molecule has 6 heteroatoms. The maximum Gasteiger partial charge on any atom is 0.333 e. The van der Waals surface area contributed by atoms with Crippen LogP contribution in [0, 0.1) is 5.92 Å². The molecule has 2 aliphatic rings. The molecule has 3 rings (SSSR count). The van der Waals surface area contributed by atoms with Gasteiger partial charge in [-0.25, -0.2) is 9.48 Å². The molecule has 21 heavy (non-hydrogen) atoms. The van der Waals surface area contributed by atoms with E-state index in [4.69, 9.17) is 4.74 Å². The molecule has 0 fully saturated rings. The number of carbonyl (C=O) groups is 2. The Morgan fingerprint density at radius 3 is 3.14 bits per heavy atom. The van der Waals surface area contributed by atoms with Crippen LogP contribution in [-0.4, -0.2) is 35.2 Å². The number of aromatic nitrogens is 2. The largest absolute Gasteiger partial charge is 0.466 e. The molecule has 0 spiro atoms. The summed E-state index contributed by atoms with van der Waals surface area (Å²) in [5, 5.41) is 7.39. The Morgan fingerprint density at radius 2 is 2.38 bits per heavy atom. The Labute approximate surface area is 121 Å². The maximum absolute atomic E-state index is 11.6. The summed E-state index contributed by atoms with van der Waals surface area (Å²) < 4.78 is 6.39. The molecule has 0 saturated heterocycles. The predicted molar refractivity (Wildman–Crippen MR) is 77.7 cm³/mol. The van der Waals surface area contributed by atoms with Gasteiger partial charge in [0.1, 0.15) is 5.82 Å². The Kier molecular flexibility index (Phi) is 3.43. The van der Waals surface area contributed by atoms with Gasteiger partial charge in [0.05, 0.1) is 24.9 Å². The fourth-order valence-electron chi connectivity index (χ4n) is 2.59. The number of carbonyl (C=O) groups excluding carboxylic acids is 2. The van der Waals surface area contributed by atoms with Crippen molar-refractivity contribution in [3.05, 3.63) is 41.6 Å². The van der Waals surface area contributed by atoms with Gasteiger partial charge in [-0.2, -0.15) is 5.10 Å². The normalized spacial score (nSPS) is 23.0. The van der Waals surface area contributed by atoms with Crippen LogP contribution in [0.15, 0.2) is 36.1 Å². The SMILES string of the molecule is COC(=O)C1=CC=CC(C2C=Cn3ncc(C=O)c3N2)C1. The molecule has 2 unspecified atom stereocenters. The summed E-state index contributed by atoms with van der Waals surface area (Å²) in [5.74, 6) is 0.492. The first kappa shape index (κ1) is 13.4. The smallest absolute Gasteiger partial charge is 0.333 e. The molecule has 2 atom stereocenters. The van der Waals surface area contributed by atoms with Crippen LogP contribution < -0.4 is 5.32 Å². The van der Waals surface area contributed by atoms with Crippen LogP contribution in [0.5, 0.6) is 0 Å². The van der Waals surface area contributed by atoms with Crippen molar-refractivity contribution < 1.29 is 14.3 Å². The first-order valence-corrected chi connectivity index (χ1v) is 6.66. The number of hydrogen-bond acceptors (Lipinski definition) is 5. The molecule has 2 heterocycles. The second kappa shape index (κ2) is 5.40. The van der Waals surface area contributed by atoms with Gasteiger partial charge in [-0.3, -0.25) is 4.79 Å². The Bertz CT molecular complexity index is 670. The van der Waals surface area contributed by atoms with E-state index in [0.29, 0.717) is 23.4 Å². The summed E-state index contributed by atoms with van der Waals surface area (Å²) in [5.41, 5.74) is 1.17. The second-order valence-corrected chi connectivity index (χ2v) is 4.96. The number of aldehydes is 1. The molecule has 0 aromatic carbocycles. The zero-order valence-corrected chi connectivity index (χ0v) is 11.5. The lowest BCUT2D eigenvalue weighted by Crippen LogP contribution is -2.31. The maximum atomic E-state index is 11.6. The molecular weight excluding hydrogens is 270 g/mol. The van der Waals surface area contributed by atoms with E-state index < -0.39 is 0 Å². The standard InChI is InChI=1S/C15H15N3O3/c1-21-15(20)11-4-2-3-10(7-11)13-5-6-18-14(17-13)12(9-19)8-16-18/h2-6,8-10,13,17H,7H2,1H3. The van der Waals surface area contributed by atoms with Crippen LogP contribution in [0.1, 0.15) is 16.8 Å². The highest BCUT2D eigenvalue weighted by Gasteiger charge is 2.26. The Morgan fingerprint density at radius 1 is 1.52 bits per heavy atom. The summed E-state index contributed by atoms with van der Waals surface area (Å²) in [6.07, 6.45) is 12.4. The van der Waals surface area contributed by atoms with Crippen LogP contribution in [-0.2, 0) is 9.53 Å². The third kappa shape index (κ3) is 2.40. The number of ether oxygens (including phenoxy) is 1. The van der Waals surface area contributed by atoms with Gasteiger partial charge >= 0.3 is 5.97 Å².